The monoisotopic (exact) mass is 281 g/mol. The van der Waals surface area contributed by atoms with Crippen LogP contribution in [0.3, 0.4) is 0 Å². The van der Waals surface area contributed by atoms with Crippen LogP contribution in [0.25, 0.3) is 0 Å². The van der Waals surface area contributed by atoms with Gasteiger partial charge in [-0.2, -0.15) is 0 Å². The maximum atomic E-state index is 11.8. The number of aliphatic hydroxyl groups is 1. The van der Waals surface area contributed by atoms with E-state index in [1.54, 1.807) is 26.4 Å². The zero-order valence-corrected chi connectivity index (χ0v) is 12.5. The third kappa shape index (κ3) is 4.74. The Hall–Kier alpha value is -1.75. The number of nitrogens with one attached hydrogen (secondary N) is 1. The maximum Gasteiger partial charge on any atom is 0.224 e. The van der Waals surface area contributed by atoms with Crippen LogP contribution in [0.15, 0.2) is 18.2 Å². The van der Waals surface area contributed by atoms with Crippen LogP contribution in [0.4, 0.5) is 0 Å². The molecule has 0 aromatic heterocycles. The first kappa shape index (κ1) is 16.3. The molecule has 0 radical (unpaired) electrons. The molecule has 5 nitrogen and oxygen atoms in total. The molecule has 0 aliphatic rings. The molecule has 0 heterocycles. The van der Waals surface area contributed by atoms with E-state index < -0.39 is 6.10 Å². The molecular formula is C15H23NO4. The number of rotatable bonds is 7. The Balaban J connectivity index is 2.58. The van der Waals surface area contributed by atoms with Crippen LogP contribution in [0.2, 0.25) is 0 Å². The van der Waals surface area contributed by atoms with Gasteiger partial charge in [0.05, 0.1) is 26.7 Å². The molecule has 1 amide bonds. The number of amides is 1. The van der Waals surface area contributed by atoms with E-state index in [4.69, 9.17) is 9.47 Å². The van der Waals surface area contributed by atoms with Gasteiger partial charge in [-0.1, -0.05) is 19.9 Å². The molecule has 0 aliphatic carbocycles. The van der Waals surface area contributed by atoms with Crippen molar-refractivity contribution < 1.29 is 19.4 Å². The Morgan fingerprint density at radius 1 is 1.25 bits per heavy atom. The van der Waals surface area contributed by atoms with Crippen molar-refractivity contribution in [1.82, 2.24) is 5.32 Å². The molecular weight excluding hydrogens is 258 g/mol. The van der Waals surface area contributed by atoms with Crippen molar-refractivity contribution in [3.8, 4) is 11.5 Å². The third-order valence-corrected chi connectivity index (χ3v) is 3.09. The van der Waals surface area contributed by atoms with E-state index >= 15 is 0 Å². The van der Waals surface area contributed by atoms with Crippen molar-refractivity contribution in [2.75, 3.05) is 20.8 Å². The van der Waals surface area contributed by atoms with Crippen molar-refractivity contribution in [3.63, 3.8) is 0 Å². The molecule has 0 spiro atoms. The van der Waals surface area contributed by atoms with E-state index in [0.29, 0.717) is 11.5 Å². The molecule has 1 rings (SSSR count). The molecule has 1 atom stereocenters. The van der Waals surface area contributed by atoms with Crippen LogP contribution in [-0.4, -0.2) is 37.9 Å². The van der Waals surface area contributed by atoms with Gasteiger partial charge in [0.1, 0.15) is 0 Å². The number of aliphatic hydroxyl groups excluding tert-OH is 1. The zero-order chi connectivity index (χ0) is 15.1. The first-order valence-corrected chi connectivity index (χ1v) is 6.63. The summed E-state index contributed by atoms with van der Waals surface area (Å²) < 4.78 is 10.3. The molecule has 0 aliphatic heterocycles. The average molecular weight is 281 g/mol. The van der Waals surface area contributed by atoms with Crippen LogP contribution >= 0.6 is 0 Å². The molecule has 0 saturated heterocycles. The molecule has 1 aromatic rings. The standard InChI is InChI=1S/C15H23NO4/c1-10(2)12(17)9-16-15(18)8-11-5-6-13(19-3)14(7-11)20-4/h5-7,10,12,17H,8-9H2,1-4H3,(H,16,18)/t12-/m0/s1. The largest absolute Gasteiger partial charge is 0.493 e. The molecule has 112 valence electrons. The van der Waals surface area contributed by atoms with E-state index in [0.717, 1.165) is 5.56 Å². The highest BCUT2D eigenvalue weighted by atomic mass is 16.5. The van der Waals surface area contributed by atoms with Crippen molar-refractivity contribution in [3.05, 3.63) is 23.8 Å². The van der Waals surface area contributed by atoms with Crippen molar-refractivity contribution in [2.24, 2.45) is 5.92 Å². The summed E-state index contributed by atoms with van der Waals surface area (Å²) in [6.45, 7) is 4.08. The number of carbonyl (C=O) groups excluding carboxylic acids is 1. The lowest BCUT2D eigenvalue weighted by Gasteiger charge is -2.15. The summed E-state index contributed by atoms with van der Waals surface area (Å²) in [5.41, 5.74) is 0.833. The zero-order valence-electron chi connectivity index (χ0n) is 12.5. The van der Waals surface area contributed by atoms with Gasteiger partial charge in [0, 0.05) is 6.54 Å². The lowest BCUT2D eigenvalue weighted by molar-refractivity contribution is -0.121. The quantitative estimate of drug-likeness (QED) is 0.792. The van der Waals surface area contributed by atoms with E-state index in [2.05, 4.69) is 5.32 Å². The summed E-state index contributed by atoms with van der Waals surface area (Å²) in [7, 11) is 3.12. The number of hydrogen-bond acceptors (Lipinski definition) is 4. The Kier molecular flexibility index (Phi) is 6.31. The Bertz CT molecular complexity index is 445. The second-order valence-corrected chi connectivity index (χ2v) is 4.98. The van der Waals surface area contributed by atoms with E-state index in [1.807, 2.05) is 19.9 Å². The second kappa shape index (κ2) is 7.75. The lowest BCUT2D eigenvalue weighted by Crippen LogP contribution is -2.35. The van der Waals surface area contributed by atoms with Crippen LogP contribution in [-0.2, 0) is 11.2 Å². The van der Waals surface area contributed by atoms with Gasteiger partial charge in [-0.15, -0.1) is 0 Å². The minimum Gasteiger partial charge on any atom is -0.493 e. The summed E-state index contributed by atoms with van der Waals surface area (Å²) in [5, 5.41) is 12.4. The molecule has 0 bridgehead atoms. The van der Waals surface area contributed by atoms with Crippen molar-refractivity contribution in [2.45, 2.75) is 26.4 Å². The highest BCUT2D eigenvalue weighted by molar-refractivity contribution is 5.78. The van der Waals surface area contributed by atoms with Crippen LogP contribution < -0.4 is 14.8 Å². The summed E-state index contributed by atoms with van der Waals surface area (Å²) in [6, 6.07) is 5.36. The molecule has 1 aromatic carbocycles. The van der Waals surface area contributed by atoms with Gasteiger partial charge in [0.2, 0.25) is 5.91 Å². The van der Waals surface area contributed by atoms with Gasteiger partial charge >= 0.3 is 0 Å². The summed E-state index contributed by atoms with van der Waals surface area (Å²) in [6.07, 6.45) is -0.283. The summed E-state index contributed by atoms with van der Waals surface area (Å²) in [5.74, 6) is 1.22. The van der Waals surface area contributed by atoms with Gasteiger partial charge in [-0.3, -0.25) is 4.79 Å². The minimum absolute atomic E-state index is 0.122. The molecule has 20 heavy (non-hydrogen) atoms. The molecule has 0 unspecified atom stereocenters. The smallest absolute Gasteiger partial charge is 0.224 e. The first-order valence-electron chi connectivity index (χ1n) is 6.63. The fourth-order valence-electron chi connectivity index (χ4n) is 1.69. The summed E-state index contributed by atoms with van der Waals surface area (Å²) in [4.78, 5) is 11.8. The number of benzene rings is 1. The lowest BCUT2D eigenvalue weighted by atomic mass is 10.1. The summed E-state index contributed by atoms with van der Waals surface area (Å²) >= 11 is 0. The fourth-order valence-corrected chi connectivity index (χ4v) is 1.69. The topological polar surface area (TPSA) is 67.8 Å². The molecule has 0 saturated carbocycles. The van der Waals surface area contributed by atoms with Gasteiger partial charge in [-0.05, 0) is 23.6 Å². The van der Waals surface area contributed by atoms with Crippen LogP contribution in [0, 0.1) is 5.92 Å². The molecule has 0 fully saturated rings. The van der Waals surface area contributed by atoms with E-state index in [9.17, 15) is 9.90 Å². The third-order valence-electron chi connectivity index (χ3n) is 3.09. The Morgan fingerprint density at radius 2 is 1.90 bits per heavy atom. The first-order chi connectivity index (χ1) is 9.47. The molecule has 5 heteroatoms. The van der Waals surface area contributed by atoms with Gasteiger partial charge in [0.25, 0.3) is 0 Å². The average Bonchev–Trinajstić information content (AvgIpc) is 2.44. The second-order valence-electron chi connectivity index (χ2n) is 4.98. The van der Waals surface area contributed by atoms with Crippen LogP contribution in [0.1, 0.15) is 19.4 Å². The Labute approximate surface area is 119 Å². The SMILES string of the molecule is COc1ccc(CC(=O)NC[C@H](O)C(C)C)cc1OC. The fraction of sp³-hybridized carbons (Fsp3) is 0.533. The highest BCUT2D eigenvalue weighted by Gasteiger charge is 2.12. The number of carbonyl (C=O) groups is 1. The van der Waals surface area contributed by atoms with Crippen LogP contribution in [0.5, 0.6) is 11.5 Å². The van der Waals surface area contributed by atoms with Gasteiger partial charge < -0.3 is 19.9 Å². The predicted molar refractivity (Wildman–Crippen MR) is 77.1 cm³/mol. The number of methoxy groups -OCH3 is 2. The van der Waals surface area contributed by atoms with Gasteiger partial charge in [0.15, 0.2) is 11.5 Å². The number of hydrogen-bond donors (Lipinski definition) is 2. The van der Waals surface area contributed by atoms with Crippen molar-refractivity contribution in [1.29, 1.82) is 0 Å². The number of ether oxygens (including phenoxy) is 2. The normalized spacial score (nSPS) is 12.1. The predicted octanol–water partition coefficient (Wildman–Crippen LogP) is 1.38. The van der Waals surface area contributed by atoms with Gasteiger partial charge in [-0.25, -0.2) is 0 Å². The minimum atomic E-state index is -0.524. The van der Waals surface area contributed by atoms with E-state index in [1.165, 1.54) is 0 Å². The molecule has 2 N–H and O–H groups in total. The highest BCUT2D eigenvalue weighted by Crippen LogP contribution is 2.27. The van der Waals surface area contributed by atoms with E-state index in [-0.39, 0.29) is 24.8 Å². The Morgan fingerprint density at radius 3 is 2.45 bits per heavy atom. The van der Waals surface area contributed by atoms with Crippen molar-refractivity contribution >= 4 is 5.91 Å². The maximum absolute atomic E-state index is 11.8.